The topological polar surface area (TPSA) is 38.5 Å². The largest absolute Gasteiger partial charge is 0.489 e. The summed E-state index contributed by atoms with van der Waals surface area (Å²) in [5.74, 6) is -0.0760. The molecule has 4 heteroatoms. The van der Waals surface area contributed by atoms with Gasteiger partial charge < -0.3 is 15.4 Å². The third kappa shape index (κ3) is 3.47. The maximum Gasteiger partial charge on any atom is 0.165 e. The minimum atomic E-state index is -0.353. The first-order chi connectivity index (χ1) is 7.52. The van der Waals surface area contributed by atoms with Crippen LogP contribution < -0.4 is 10.5 Å². The molecule has 2 N–H and O–H groups in total. The minimum absolute atomic E-state index is 0.231. The minimum Gasteiger partial charge on any atom is -0.489 e. The summed E-state index contributed by atoms with van der Waals surface area (Å²) in [6, 6.07) is 4.59. The van der Waals surface area contributed by atoms with Gasteiger partial charge in [-0.15, -0.1) is 0 Å². The Morgan fingerprint density at radius 1 is 1.44 bits per heavy atom. The van der Waals surface area contributed by atoms with Crippen LogP contribution in [0.3, 0.4) is 0 Å². The van der Waals surface area contributed by atoms with E-state index in [-0.39, 0.29) is 17.6 Å². The van der Waals surface area contributed by atoms with E-state index in [1.54, 1.807) is 12.1 Å². The van der Waals surface area contributed by atoms with Crippen LogP contribution >= 0.6 is 0 Å². The highest BCUT2D eigenvalue weighted by Crippen LogP contribution is 2.26. The number of nitrogens with two attached hydrogens (primary N) is 1. The fourth-order valence-corrected chi connectivity index (χ4v) is 1.37. The summed E-state index contributed by atoms with van der Waals surface area (Å²) in [6.45, 7) is 3.01. The van der Waals surface area contributed by atoms with Gasteiger partial charge in [-0.25, -0.2) is 4.39 Å². The van der Waals surface area contributed by atoms with Crippen LogP contribution in [0.15, 0.2) is 18.2 Å². The van der Waals surface area contributed by atoms with Crippen molar-refractivity contribution in [2.24, 2.45) is 5.73 Å². The van der Waals surface area contributed by atoms with Gasteiger partial charge in [0.05, 0.1) is 0 Å². The van der Waals surface area contributed by atoms with Gasteiger partial charge in [0.25, 0.3) is 0 Å². The Bertz CT molecular complexity index is 340. The van der Waals surface area contributed by atoms with Crippen molar-refractivity contribution >= 4 is 0 Å². The number of rotatable bonds is 5. The molecule has 0 heterocycles. The van der Waals surface area contributed by atoms with E-state index < -0.39 is 0 Å². The third-order valence-electron chi connectivity index (χ3n) is 2.27. The second-order valence-electron chi connectivity index (χ2n) is 4.10. The Balaban J connectivity index is 2.76. The molecule has 0 amide bonds. The smallest absolute Gasteiger partial charge is 0.165 e. The first kappa shape index (κ1) is 12.9. The van der Waals surface area contributed by atoms with Gasteiger partial charge in [0.1, 0.15) is 6.61 Å². The summed E-state index contributed by atoms with van der Waals surface area (Å²) < 4.78 is 19.0. The Labute approximate surface area is 96.0 Å². The molecule has 0 spiro atoms. The molecule has 0 aliphatic heterocycles. The summed E-state index contributed by atoms with van der Waals surface area (Å²) in [5.41, 5.74) is 6.47. The quantitative estimate of drug-likeness (QED) is 0.831. The van der Waals surface area contributed by atoms with E-state index in [0.29, 0.717) is 12.2 Å². The van der Waals surface area contributed by atoms with E-state index in [1.807, 2.05) is 25.9 Å². The van der Waals surface area contributed by atoms with Crippen LogP contribution in [0.1, 0.15) is 18.5 Å². The SMILES string of the molecule is C[C@H](N)c1cccc(F)c1OCCN(C)C. The highest BCUT2D eigenvalue weighted by Gasteiger charge is 2.12. The lowest BCUT2D eigenvalue weighted by Gasteiger charge is -2.16. The number of nitrogens with zero attached hydrogens (tertiary/aromatic N) is 1. The molecule has 0 unspecified atom stereocenters. The monoisotopic (exact) mass is 226 g/mol. The van der Waals surface area contributed by atoms with Gasteiger partial charge in [-0.3, -0.25) is 0 Å². The maximum absolute atomic E-state index is 13.5. The second-order valence-corrected chi connectivity index (χ2v) is 4.10. The van der Waals surface area contributed by atoms with Crippen LogP contribution in [0.25, 0.3) is 0 Å². The molecule has 0 aliphatic rings. The predicted octanol–water partition coefficient (Wildman–Crippen LogP) is 1.79. The Kier molecular flexibility index (Phi) is 4.71. The van der Waals surface area contributed by atoms with Crippen molar-refractivity contribution in [3.63, 3.8) is 0 Å². The highest BCUT2D eigenvalue weighted by atomic mass is 19.1. The highest BCUT2D eigenvalue weighted by molar-refractivity contribution is 5.36. The van der Waals surface area contributed by atoms with Crippen LogP contribution in [0.4, 0.5) is 4.39 Å². The summed E-state index contributed by atoms with van der Waals surface area (Å²) in [7, 11) is 3.88. The van der Waals surface area contributed by atoms with Crippen LogP contribution in [0.2, 0.25) is 0 Å². The fraction of sp³-hybridized carbons (Fsp3) is 0.500. The molecule has 0 saturated carbocycles. The van der Waals surface area contributed by atoms with Crippen molar-refractivity contribution in [3.05, 3.63) is 29.6 Å². The zero-order chi connectivity index (χ0) is 12.1. The second kappa shape index (κ2) is 5.82. The summed E-state index contributed by atoms with van der Waals surface area (Å²) in [4.78, 5) is 1.98. The predicted molar refractivity (Wildman–Crippen MR) is 63.1 cm³/mol. The van der Waals surface area contributed by atoms with Crippen LogP contribution in [0, 0.1) is 5.82 Å². The number of halogens is 1. The van der Waals surface area contributed by atoms with E-state index in [4.69, 9.17) is 10.5 Å². The van der Waals surface area contributed by atoms with E-state index in [9.17, 15) is 4.39 Å². The van der Waals surface area contributed by atoms with Crippen molar-refractivity contribution in [3.8, 4) is 5.75 Å². The number of benzene rings is 1. The zero-order valence-corrected chi connectivity index (χ0v) is 10.0. The van der Waals surface area contributed by atoms with Gasteiger partial charge in [-0.1, -0.05) is 12.1 Å². The van der Waals surface area contributed by atoms with Gasteiger partial charge in [0.2, 0.25) is 0 Å². The Hall–Kier alpha value is -1.13. The van der Waals surface area contributed by atoms with Crippen molar-refractivity contribution in [2.45, 2.75) is 13.0 Å². The number of para-hydroxylation sites is 1. The summed E-state index contributed by atoms with van der Waals surface area (Å²) in [5, 5.41) is 0. The van der Waals surface area contributed by atoms with E-state index in [2.05, 4.69) is 0 Å². The molecular weight excluding hydrogens is 207 g/mol. The molecule has 16 heavy (non-hydrogen) atoms. The van der Waals surface area contributed by atoms with Gasteiger partial charge in [-0.05, 0) is 27.1 Å². The fourth-order valence-electron chi connectivity index (χ4n) is 1.37. The lowest BCUT2D eigenvalue weighted by Crippen LogP contribution is -2.20. The molecular formula is C12H19FN2O. The van der Waals surface area contributed by atoms with Crippen molar-refractivity contribution in [2.75, 3.05) is 27.2 Å². The van der Waals surface area contributed by atoms with E-state index in [1.165, 1.54) is 6.07 Å². The van der Waals surface area contributed by atoms with Crippen LogP contribution in [-0.2, 0) is 0 Å². The number of ether oxygens (including phenoxy) is 1. The first-order valence-electron chi connectivity index (χ1n) is 5.34. The molecule has 3 nitrogen and oxygen atoms in total. The Morgan fingerprint density at radius 2 is 2.12 bits per heavy atom. The van der Waals surface area contributed by atoms with Crippen molar-refractivity contribution < 1.29 is 9.13 Å². The molecule has 1 aromatic carbocycles. The molecule has 0 radical (unpaired) electrons. The van der Waals surface area contributed by atoms with Gasteiger partial charge in [0.15, 0.2) is 11.6 Å². The molecule has 0 aliphatic carbocycles. The molecule has 0 bridgehead atoms. The van der Waals surface area contributed by atoms with Crippen molar-refractivity contribution in [1.29, 1.82) is 0 Å². The average Bonchev–Trinajstić information content (AvgIpc) is 2.19. The lowest BCUT2D eigenvalue weighted by atomic mass is 10.1. The molecule has 1 rings (SSSR count). The molecule has 90 valence electrons. The molecule has 0 saturated heterocycles. The first-order valence-corrected chi connectivity index (χ1v) is 5.34. The molecule has 0 aromatic heterocycles. The normalized spacial score (nSPS) is 12.9. The number of hydrogen-bond donors (Lipinski definition) is 1. The standard InChI is InChI=1S/C12H19FN2O/c1-9(14)10-5-4-6-11(13)12(10)16-8-7-15(2)3/h4-6,9H,7-8,14H2,1-3H3/t9-/m0/s1. The zero-order valence-electron chi connectivity index (χ0n) is 10.0. The van der Waals surface area contributed by atoms with Crippen molar-refractivity contribution in [1.82, 2.24) is 4.90 Å². The molecule has 1 atom stereocenters. The summed E-state index contributed by atoms with van der Waals surface area (Å²) in [6.07, 6.45) is 0. The van der Waals surface area contributed by atoms with E-state index >= 15 is 0 Å². The molecule has 1 aromatic rings. The van der Waals surface area contributed by atoms with Gasteiger partial charge in [0, 0.05) is 18.2 Å². The lowest BCUT2D eigenvalue weighted by molar-refractivity contribution is 0.249. The van der Waals surface area contributed by atoms with Crippen LogP contribution in [-0.4, -0.2) is 32.1 Å². The summed E-state index contributed by atoms with van der Waals surface area (Å²) >= 11 is 0. The Morgan fingerprint density at radius 3 is 2.69 bits per heavy atom. The maximum atomic E-state index is 13.5. The van der Waals surface area contributed by atoms with E-state index in [0.717, 1.165) is 6.54 Å². The average molecular weight is 226 g/mol. The molecule has 0 fully saturated rings. The van der Waals surface area contributed by atoms with Crippen LogP contribution in [0.5, 0.6) is 5.75 Å². The number of likely N-dealkylation sites (N-methyl/N-ethyl adjacent to an activating group) is 1. The van der Waals surface area contributed by atoms with Gasteiger partial charge >= 0.3 is 0 Å². The van der Waals surface area contributed by atoms with Gasteiger partial charge in [-0.2, -0.15) is 0 Å². The third-order valence-corrected chi connectivity index (χ3v) is 2.27. The number of hydrogen-bond acceptors (Lipinski definition) is 3.